The van der Waals surface area contributed by atoms with Crippen LogP contribution in [0, 0.1) is 5.92 Å². The molecular weight excluding hydrogens is 204 g/mol. The lowest BCUT2D eigenvalue weighted by molar-refractivity contribution is 0.630. The third kappa shape index (κ3) is 2.58. The van der Waals surface area contributed by atoms with Crippen molar-refractivity contribution in [2.75, 3.05) is 0 Å². The summed E-state index contributed by atoms with van der Waals surface area (Å²) >= 11 is 3.35. The molecule has 0 saturated carbocycles. The van der Waals surface area contributed by atoms with E-state index in [0.717, 1.165) is 16.7 Å². The summed E-state index contributed by atoms with van der Waals surface area (Å²) in [6, 6.07) is 0. The Hall–Kier alpha value is -0.440. The first-order valence-corrected chi connectivity index (χ1v) is 4.45. The average Bonchev–Trinajstić information content (AvgIpc) is 1.93. The highest BCUT2D eigenvalue weighted by molar-refractivity contribution is 9.10. The van der Waals surface area contributed by atoms with Crippen LogP contribution in [0.25, 0.3) is 0 Å². The summed E-state index contributed by atoms with van der Waals surface area (Å²) in [5.41, 5.74) is 1.04. The van der Waals surface area contributed by atoms with Gasteiger partial charge in [-0.3, -0.25) is 4.98 Å². The van der Waals surface area contributed by atoms with Crippen molar-refractivity contribution in [1.82, 2.24) is 9.97 Å². The summed E-state index contributed by atoms with van der Waals surface area (Å²) in [5, 5.41) is 0. The number of nitrogens with zero attached hydrogens (tertiary/aromatic N) is 2. The van der Waals surface area contributed by atoms with Gasteiger partial charge in [-0.15, -0.1) is 0 Å². The molecule has 0 bridgehead atoms. The number of hydrogen-bond donors (Lipinski definition) is 0. The highest BCUT2D eigenvalue weighted by Gasteiger charge is 2.03. The van der Waals surface area contributed by atoms with E-state index in [2.05, 4.69) is 39.7 Å². The molecule has 0 aromatic carbocycles. The monoisotopic (exact) mass is 214 g/mol. The second kappa shape index (κ2) is 3.81. The SMILES string of the molecule is CC(C)Cc1nccnc1Br. The molecule has 11 heavy (non-hydrogen) atoms. The summed E-state index contributed by atoms with van der Waals surface area (Å²) < 4.78 is 0.869. The lowest BCUT2D eigenvalue weighted by Crippen LogP contribution is -1.98. The Morgan fingerprint density at radius 1 is 1.36 bits per heavy atom. The van der Waals surface area contributed by atoms with Crippen LogP contribution in [0.5, 0.6) is 0 Å². The van der Waals surface area contributed by atoms with E-state index in [9.17, 15) is 0 Å². The van der Waals surface area contributed by atoms with Gasteiger partial charge in [0.2, 0.25) is 0 Å². The van der Waals surface area contributed by atoms with Gasteiger partial charge in [0.05, 0.1) is 5.69 Å². The molecule has 1 aromatic heterocycles. The van der Waals surface area contributed by atoms with E-state index in [1.165, 1.54) is 0 Å². The molecule has 1 aromatic rings. The minimum Gasteiger partial charge on any atom is -0.257 e. The van der Waals surface area contributed by atoms with Crippen molar-refractivity contribution in [2.24, 2.45) is 5.92 Å². The van der Waals surface area contributed by atoms with Crippen LogP contribution in [0.2, 0.25) is 0 Å². The van der Waals surface area contributed by atoms with E-state index >= 15 is 0 Å². The lowest BCUT2D eigenvalue weighted by Gasteiger charge is -2.03. The first-order valence-electron chi connectivity index (χ1n) is 3.65. The molecule has 0 aliphatic heterocycles. The molecule has 0 saturated heterocycles. The smallest absolute Gasteiger partial charge is 0.127 e. The van der Waals surface area contributed by atoms with Crippen LogP contribution in [0.1, 0.15) is 19.5 Å². The molecule has 1 heterocycles. The van der Waals surface area contributed by atoms with Crippen molar-refractivity contribution in [1.29, 1.82) is 0 Å². The predicted octanol–water partition coefficient (Wildman–Crippen LogP) is 2.44. The minimum atomic E-state index is 0.628. The number of halogens is 1. The van der Waals surface area contributed by atoms with Crippen molar-refractivity contribution >= 4 is 15.9 Å². The maximum Gasteiger partial charge on any atom is 0.127 e. The van der Waals surface area contributed by atoms with Gasteiger partial charge < -0.3 is 0 Å². The molecule has 0 amide bonds. The Morgan fingerprint density at radius 2 is 2.00 bits per heavy atom. The number of hydrogen-bond acceptors (Lipinski definition) is 2. The van der Waals surface area contributed by atoms with Gasteiger partial charge in [-0.25, -0.2) is 4.98 Å². The molecule has 0 spiro atoms. The quantitative estimate of drug-likeness (QED) is 0.757. The van der Waals surface area contributed by atoms with Gasteiger partial charge in [0.15, 0.2) is 0 Å². The zero-order chi connectivity index (χ0) is 8.27. The van der Waals surface area contributed by atoms with Gasteiger partial charge >= 0.3 is 0 Å². The molecule has 0 fully saturated rings. The molecule has 3 heteroatoms. The summed E-state index contributed by atoms with van der Waals surface area (Å²) in [5.74, 6) is 0.628. The van der Waals surface area contributed by atoms with E-state index in [1.54, 1.807) is 12.4 Å². The lowest BCUT2D eigenvalue weighted by atomic mass is 10.1. The summed E-state index contributed by atoms with van der Waals surface area (Å²) in [4.78, 5) is 8.30. The van der Waals surface area contributed by atoms with E-state index in [4.69, 9.17) is 0 Å². The van der Waals surface area contributed by atoms with Crippen molar-refractivity contribution in [3.05, 3.63) is 22.7 Å². The predicted molar refractivity (Wildman–Crippen MR) is 48.3 cm³/mol. The van der Waals surface area contributed by atoms with Crippen LogP contribution in [-0.4, -0.2) is 9.97 Å². The normalized spacial score (nSPS) is 10.5. The van der Waals surface area contributed by atoms with Gasteiger partial charge in [-0.2, -0.15) is 0 Å². The van der Waals surface area contributed by atoms with Crippen LogP contribution in [0.4, 0.5) is 0 Å². The van der Waals surface area contributed by atoms with Crippen molar-refractivity contribution in [2.45, 2.75) is 20.3 Å². The Balaban J connectivity index is 2.78. The first kappa shape index (κ1) is 8.65. The highest BCUT2D eigenvalue weighted by Crippen LogP contribution is 2.13. The zero-order valence-corrected chi connectivity index (χ0v) is 8.30. The maximum absolute atomic E-state index is 4.21. The maximum atomic E-state index is 4.21. The fourth-order valence-corrected chi connectivity index (χ4v) is 1.26. The fraction of sp³-hybridized carbons (Fsp3) is 0.500. The first-order chi connectivity index (χ1) is 5.20. The Kier molecular flexibility index (Phi) is 3.00. The van der Waals surface area contributed by atoms with Gasteiger partial charge in [0, 0.05) is 12.4 Å². The molecule has 0 N–H and O–H groups in total. The number of rotatable bonds is 2. The molecule has 60 valence electrons. The third-order valence-electron chi connectivity index (χ3n) is 1.32. The van der Waals surface area contributed by atoms with E-state index in [0.29, 0.717) is 5.92 Å². The Bertz CT molecular complexity index is 235. The standard InChI is InChI=1S/C8H11BrN2/c1-6(2)5-7-8(9)11-4-3-10-7/h3-4,6H,5H2,1-2H3. The van der Waals surface area contributed by atoms with Gasteiger partial charge in [-0.05, 0) is 28.3 Å². The second-order valence-electron chi connectivity index (χ2n) is 2.89. The molecular formula is C8H11BrN2. The van der Waals surface area contributed by atoms with Gasteiger partial charge in [-0.1, -0.05) is 13.8 Å². The zero-order valence-electron chi connectivity index (χ0n) is 6.71. The number of aromatic nitrogens is 2. The van der Waals surface area contributed by atoms with Crippen molar-refractivity contribution < 1.29 is 0 Å². The van der Waals surface area contributed by atoms with Crippen LogP contribution >= 0.6 is 15.9 Å². The van der Waals surface area contributed by atoms with Crippen molar-refractivity contribution in [3.63, 3.8) is 0 Å². The molecule has 0 unspecified atom stereocenters. The fourth-order valence-electron chi connectivity index (χ4n) is 0.873. The van der Waals surface area contributed by atoms with Crippen LogP contribution in [0.15, 0.2) is 17.0 Å². The van der Waals surface area contributed by atoms with Crippen LogP contribution in [0.3, 0.4) is 0 Å². The Labute approximate surface area is 75.2 Å². The van der Waals surface area contributed by atoms with Crippen LogP contribution in [-0.2, 0) is 6.42 Å². The van der Waals surface area contributed by atoms with Crippen LogP contribution < -0.4 is 0 Å². The average molecular weight is 215 g/mol. The highest BCUT2D eigenvalue weighted by atomic mass is 79.9. The molecule has 0 atom stereocenters. The minimum absolute atomic E-state index is 0.628. The van der Waals surface area contributed by atoms with Gasteiger partial charge in [0.25, 0.3) is 0 Å². The van der Waals surface area contributed by atoms with E-state index in [1.807, 2.05) is 0 Å². The molecule has 0 radical (unpaired) electrons. The van der Waals surface area contributed by atoms with Gasteiger partial charge in [0.1, 0.15) is 4.60 Å². The van der Waals surface area contributed by atoms with E-state index in [-0.39, 0.29) is 0 Å². The third-order valence-corrected chi connectivity index (χ3v) is 1.99. The molecule has 1 rings (SSSR count). The topological polar surface area (TPSA) is 25.8 Å². The molecule has 0 aliphatic carbocycles. The molecule has 2 nitrogen and oxygen atoms in total. The summed E-state index contributed by atoms with van der Waals surface area (Å²) in [6.07, 6.45) is 4.39. The Morgan fingerprint density at radius 3 is 2.55 bits per heavy atom. The van der Waals surface area contributed by atoms with E-state index < -0.39 is 0 Å². The molecule has 0 aliphatic rings. The largest absolute Gasteiger partial charge is 0.257 e. The summed E-state index contributed by atoms with van der Waals surface area (Å²) in [7, 11) is 0. The van der Waals surface area contributed by atoms with Crippen molar-refractivity contribution in [3.8, 4) is 0 Å². The second-order valence-corrected chi connectivity index (χ2v) is 3.64. The summed E-state index contributed by atoms with van der Waals surface area (Å²) in [6.45, 7) is 4.34.